The molecule has 2 heterocycles. The van der Waals surface area contributed by atoms with Crippen LogP contribution in [0.5, 0.6) is 0 Å². The molecule has 1 aliphatic carbocycles. The molecular weight excluding hydrogens is 250 g/mol. The maximum atomic E-state index is 6.04. The molecule has 4 nitrogen and oxygen atoms in total. The quantitative estimate of drug-likeness (QED) is 0.898. The molecule has 1 saturated heterocycles. The maximum Gasteiger partial charge on any atom is 0.0949 e. The molecule has 1 unspecified atom stereocenters. The number of nitrogens with zero attached hydrogens (tertiary/aromatic N) is 2. The van der Waals surface area contributed by atoms with Crippen LogP contribution in [-0.4, -0.2) is 35.4 Å². The molecule has 1 atom stereocenters. The van der Waals surface area contributed by atoms with E-state index in [0.29, 0.717) is 6.10 Å². The lowest BCUT2D eigenvalue weighted by atomic mass is 9.86. The first-order valence-electron chi connectivity index (χ1n) is 8.11. The zero-order valence-corrected chi connectivity index (χ0v) is 12.6. The van der Waals surface area contributed by atoms with Gasteiger partial charge in [-0.1, -0.05) is 26.2 Å². The van der Waals surface area contributed by atoms with Gasteiger partial charge in [0.1, 0.15) is 0 Å². The molecule has 1 saturated carbocycles. The lowest BCUT2D eigenvalue weighted by molar-refractivity contribution is 0.0236. The van der Waals surface area contributed by atoms with E-state index in [2.05, 4.69) is 21.8 Å². The van der Waals surface area contributed by atoms with Crippen LogP contribution in [0.4, 0.5) is 0 Å². The van der Waals surface area contributed by atoms with Crippen LogP contribution in [0.25, 0.3) is 0 Å². The van der Waals surface area contributed by atoms with Crippen molar-refractivity contribution in [2.24, 2.45) is 0 Å². The van der Waals surface area contributed by atoms with Crippen molar-refractivity contribution in [2.75, 3.05) is 19.7 Å². The van der Waals surface area contributed by atoms with E-state index < -0.39 is 0 Å². The summed E-state index contributed by atoms with van der Waals surface area (Å²) in [7, 11) is 0. The van der Waals surface area contributed by atoms with Crippen molar-refractivity contribution in [1.29, 1.82) is 0 Å². The van der Waals surface area contributed by atoms with Gasteiger partial charge in [0.15, 0.2) is 0 Å². The fourth-order valence-electron chi connectivity index (χ4n) is 3.59. The van der Waals surface area contributed by atoms with Gasteiger partial charge in [0.05, 0.1) is 19.0 Å². The van der Waals surface area contributed by atoms with Crippen LogP contribution < -0.4 is 5.32 Å². The van der Waals surface area contributed by atoms with Crippen LogP contribution in [0.2, 0.25) is 0 Å². The smallest absolute Gasteiger partial charge is 0.0949 e. The van der Waals surface area contributed by atoms with Gasteiger partial charge < -0.3 is 14.6 Å². The van der Waals surface area contributed by atoms with Gasteiger partial charge >= 0.3 is 0 Å². The third-order valence-corrected chi connectivity index (χ3v) is 4.94. The van der Waals surface area contributed by atoms with Crippen LogP contribution in [-0.2, 0) is 16.7 Å². The third-order valence-electron chi connectivity index (χ3n) is 4.94. The van der Waals surface area contributed by atoms with Crippen molar-refractivity contribution in [3.05, 3.63) is 18.2 Å². The molecule has 1 N–H and O–H groups in total. The number of hydrogen-bond donors (Lipinski definition) is 1. The highest BCUT2D eigenvalue weighted by Gasteiger charge is 2.33. The van der Waals surface area contributed by atoms with Crippen LogP contribution in [0.3, 0.4) is 0 Å². The van der Waals surface area contributed by atoms with Crippen molar-refractivity contribution in [3.63, 3.8) is 0 Å². The first-order chi connectivity index (χ1) is 9.78. The lowest BCUT2D eigenvalue weighted by Crippen LogP contribution is -2.29. The minimum atomic E-state index is 0.237. The summed E-state index contributed by atoms with van der Waals surface area (Å²) >= 11 is 0. The molecule has 20 heavy (non-hydrogen) atoms. The molecule has 0 amide bonds. The van der Waals surface area contributed by atoms with Crippen LogP contribution in [0.1, 0.15) is 51.1 Å². The molecule has 2 aliphatic rings. The SMILES string of the molecule is CC1(c2cncn2CCOC2CCCCC2)CCNC1. The summed E-state index contributed by atoms with van der Waals surface area (Å²) in [6.45, 7) is 6.25. The Morgan fingerprint density at radius 3 is 3.00 bits per heavy atom. The van der Waals surface area contributed by atoms with Crippen molar-refractivity contribution < 1.29 is 4.74 Å². The Morgan fingerprint density at radius 1 is 1.40 bits per heavy atom. The summed E-state index contributed by atoms with van der Waals surface area (Å²) < 4.78 is 8.33. The molecule has 0 radical (unpaired) electrons. The lowest BCUT2D eigenvalue weighted by Gasteiger charge is -2.25. The maximum absolute atomic E-state index is 6.04. The van der Waals surface area contributed by atoms with E-state index in [1.807, 2.05) is 12.5 Å². The summed E-state index contributed by atoms with van der Waals surface area (Å²) in [6, 6.07) is 0. The molecule has 0 bridgehead atoms. The van der Waals surface area contributed by atoms with Gasteiger partial charge in [-0.3, -0.25) is 0 Å². The second-order valence-electron chi connectivity index (χ2n) is 6.59. The summed E-state index contributed by atoms with van der Waals surface area (Å²) in [4.78, 5) is 4.36. The van der Waals surface area contributed by atoms with Gasteiger partial charge in [-0.25, -0.2) is 4.98 Å². The summed E-state index contributed by atoms with van der Waals surface area (Å²) in [5.41, 5.74) is 1.59. The summed E-state index contributed by atoms with van der Waals surface area (Å²) in [6.07, 6.45) is 12.3. The molecule has 3 rings (SSSR count). The van der Waals surface area contributed by atoms with E-state index in [1.165, 1.54) is 44.2 Å². The Hall–Kier alpha value is -0.870. The Bertz CT molecular complexity index is 417. The molecule has 1 aromatic rings. The monoisotopic (exact) mass is 277 g/mol. The molecule has 0 aromatic carbocycles. The first kappa shape index (κ1) is 14.1. The topological polar surface area (TPSA) is 39.1 Å². The van der Waals surface area contributed by atoms with Crippen LogP contribution in [0, 0.1) is 0 Å². The normalized spacial score (nSPS) is 28.1. The molecule has 4 heteroatoms. The van der Waals surface area contributed by atoms with Gasteiger partial charge in [-0.05, 0) is 25.8 Å². The van der Waals surface area contributed by atoms with Crippen molar-refractivity contribution in [2.45, 2.75) is 63.5 Å². The molecule has 1 aliphatic heterocycles. The Labute approximate surface area is 121 Å². The van der Waals surface area contributed by atoms with Gasteiger partial charge in [-0.15, -0.1) is 0 Å². The molecular formula is C16H27N3O. The zero-order valence-electron chi connectivity index (χ0n) is 12.6. The van der Waals surface area contributed by atoms with Crippen molar-refractivity contribution in [1.82, 2.24) is 14.9 Å². The number of nitrogens with one attached hydrogen (secondary N) is 1. The van der Waals surface area contributed by atoms with Crippen LogP contribution in [0.15, 0.2) is 12.5 Å². The number of aromatic nitrogens is 2. The fraction of sp³-hybridized carbons (Fsp3) is 0.812. The third kappa shape index (κ3) is 3.07. The van der Waals surface area contributed by atoms with E-state index in [4.69, 9.17) is 4.74 Å². The fourth-order valence-corrected chi connectivity index (χ4v) is 3.59. The highest BCUT2D eigenvalue weighted by molar-refractivity contribution is 5.17. The number of rotatable bonds is 5. The summed E-state index contributed by atoms with van der Waals surface area (Å²) in [5, 5.41) is 3.46. The second kappa shape index (κ2) is 6.27. The number of imidazole rings is 1. The van der Waals surface area contributed by atoms with Gasteiger partial charge in [-0.2, -0.15) is 0 Å². The number of ether oxygens (including phenoxy) is 1. The molecule has 2 fully saturated rings. The van der Waals surface area contributed by atoms with E-state index in [0.717, 1.165) is 26.2 Å². The van der Waals surface area contributed by atoms with E-state index >= 15 is 0 Å². The van der Waals surface area contributed by atoms with Crippen molar-refractivity contribution in [3.8, 4) is 0 Å². The summed E-state index contributed by atoms with van der Waals surface area (Å²) in [5.74, 6) is 0. The van der Waals surface area contributed by atoms with Gasteiger partial charge in [0.2, 0.25) is 0 Å². The highest BCUT2D eigenvalue weighted by atomic mass is 16.5. The zero-order chi connectivity index (χ0) is 13.8. The largest absolute Gasteiger partial charge is 0.376 e. The van der Waals surface area contributed by atoms with Gasteiger partial charge in [0, 0.05) is 30.4 Å². The minimum absolute atomic E-state index is 0.237. The predicted molar refractivity (Wildman–Crippen MR) is 79.9 cm³/mol. The molecule has 0 spiro atoms. The van der Waals surface area contributed by atoms with E-state index in [-0.39, 0.29) is 5.41 Å². The Balaban J connectivity index is 1.54. The predicted octanol–water partition coefficient (Wildman–Crippen LogP) is 2.48. The van der Waals surface area contributed by atoms with Crippen LogP contribution >= 0.6 is 0 Å². The van der Waals surface area contributed by atoms with Crippen molar-refractivity contribution >= 4 is 0 Å². The van der Waals surface area contributed by atoms with E-state index in [1.54, 1.807) is 0 Å². The number of hydrogen-bond acceptors (Lipinski definition) is 3. The van der Waals surface area contributed by atoms with E-state index in [9.17, 15) is 0 Å². The minimum Gasteiger partial charge on any atom is -0.376 e. The average molecular weight is 277 g/mol. The Kier molecular flexibility index (Phi) is 4.41. The average Bonchev–Trinajstić information content (AvgIpc) is 3.10. The Morgan fingerprint density at radius 2 is 2.25 bits per heavy atom. The van der Waals surface area contributed by atoms with Gasteiger partial charge in [0.25, 0.3) is 0 Å². The molecule has 112 valence electrons. The molecule has 1 aromatic heterocycles. The highest BCUT2D eigenvalue weighted by Crippen LogP contribution is 2.29. The standard InChI is InChI=1S/C16H27N3O/c1-16(7-8-17-12-16)15-11-18-13-19(15)9-10-20-14-5-3-2-4-6-14/h11,13-14,17H,2-10,12H2,1H3. The second-order valence-corrected chi connectivity index (χ2v) is 6.59. The first-order valence-corrected chi connectivity index (χ1v) is 8.11.